The summed E-state index contributed by atoms with van der Waals surface area (Å²) in [4.78, 5) is 15.6. The van der Waals surface area contributed by atoms with Gasteiger partial charge in [0.05, 0.1) is 46.2 Å². The lowest BCUT2D eigenvalue weighted by molar-refractivity contribution is 0.0682. The summed E-state index contributed by atoms with van der Waals surface area (Å²) >= 11 is 0. The van der Waals surface area contributed by atoms with Gasteiger partial charge in [0.1, 0.15) is 18.2 Å². The highest BCUT2D eigenvalue weighted by Gasteiger charge is 2.23. The van der Waals surface area contributed by atoms with Crippen molar-refractivity contribution in [1.29, 1.82) is 0 Å². The van der Waals surface area contributed by atoms with Crippen LogP contribution in [-0.4, -0.2) is 69.9 Å². The SMILES string of the molecule is CCCCOCCOc1ccc(-c2ccc3c(c2)/C=C(/c2nc4ccc(S(=O)Cc5c(F)ncn5CCC)cc4[nH]2)CCCN3CC2CCOCC2)cc1. The fraction of sp³-hybridized carbons (Fsp3) is 0.442. The lowest BCUT2D eigenvalue weighted by Gasteiger charge is -2.33. The smallest absolute Gasteiger partial charge is 0.234 e. The molecule has 7 rings (SSSR count). The van der Waals surface area contributed by atoms with Crippen LogP contribution in [0.25, 0.3) is 33.8 Å². The summed E-state index contributed by atoms with van der Waals surface area (Å²) in [7, 11) is -1.45. The molecule has 0 aliphatic carbocycles. The number of hydrogen-bond donors (Lipinski definition) is 1. The summed E-state index contributed by atoms with van der Waals surface area (Å²) in [5, 5.41) is 0. The summed E-state index contributed by atoms with van der Waals surface area (Å²) in [6, 6.07) is 20.7. The number of aromatic nitrogens is 4. The number of aromatic amines is 1. The predicted molar refractivity (Wildman–Crippen MR) is 215 cm³/mol. The van der Waals surface area contributed by atoms with E-state index in [-0.39, 0.29) is 5.75 Å². The van der Waals surface area contributed by atoms with Crippen molar-refractivity contribution in [2.75, 3.05) is 51.0 Å². The van der Waals surface area contributed by atoms with Gasteiger partial charge in [0.2, 0.25) is 5.95 Å². The first-order valence-electron chi connectivity index (χ1n) is 19.5. The van der Waals surface area contributed by atoms with Gasteiger partial charge >= 0.3 is 0 Å². The van der Waals surface area contributed by atoms with Crippen molar-refractivity contribution in [2.45, 2.75) is 76.0 Å². The fourth-order valence-corrected chi connectivity index (χ4v) is 8.52. The Bertz CT molecular complexity index is 2050. The second-order valence-electron chi connectivity index (χ2n) is 14.3. The number of rotatable bonds is 16. The molecule has 2 aliphatic rings. The van der Waals surface area contributed by atoms with Crippen LogP contribution in [0.15, 0.2) is 71.9 Å². The summed E-state index contributed by atoms with van der Waals surface area (Å²) in [6.07, 6.45) is 10.8. The molecule has 2 aliphatic heterocycles. The molecule has 11 heteroatoms. The van der Waals surface area contributed by atoms with E-state index < -0.39 is 16.7 Å². The molecule has 1 N–H and O–H groups in total. The Balaban J connectivity index is 1.15. The maximum Gasteiger partial charge on any atom is 0.234 e. The summed E-state index contributed by atoms with van der Waals surface area (Å²) in [5.41, 5.74) is 7.77. The van der Waals surface area contributed by atoms with Crippen LogP contribution in [0.4, 0.5) is 10.1 Å². The van der Waals surface area contributed by atoms with Gasteiger partial charge in [-0.05, 0) is 115 Å². The molecule has 3 aromatic carbocycles. The number of hydrogen-bond acceptors (Lipinski definition) is 7. The molecule has 0 amide bonds. The van der Waals surface area contributed by atoms with Crippen LogP contribution < -0.4 is 9.64 Å². The number of ether oxygens (including phenoxy) is 3. The van der Waals surface area contributed by atoms with E-state index in [9.17, 15) is 8.60 Å². The molecule has 54 heavy (non-hydrogen) atoms. The minimum absolute atomic E-state index is 0.0663. The average molecular weight is 754 g/mol. The van der Waals surface area contributed by atoms with Crippen molar-refractivity contribution in [2.24, 2.45) is 5.92 Å². The molecular formula is C43H52FN5O4S. The minimum Gasteiger partial charge on any atom is -0.491 e. The van der Waals surface area contributed by atoms with Gasteiger partial charge in [0.25, 0.3) is 0 Å². The van der Waals surface area contributed by atoms with Gasteiger partial charge < -0.3 is 28.7 Å². The van der Waals surface area contributed by atoms with E-state index in [1.165, 1.54) is 12.0 Å². The maximum absolute atomic E-state index is 14.5. The summed E-state index contributed by atoms with van der Waals surface area (Å²) in [6.45, 7) is 10.3. The number of halogens is 1. The minimum atomic E-state index is -1.45. The number of H-pyrrole nitrogens is 1. The number of aryl methyl sites for hydroxylation is 1. The van der Waals surface area contributed by atoms with Crippen LogP contribution in [0.3, 0.4) is 0 Å². The number of unbranched alkanes of at least 4 members (excludes halogenated alkanes) is 1. The first kappa shape index (κ1) is 38.0. The molecule has 0 bridgehead atoms. The van der Waals surface area contributed by atoms with Crippen molar-refractivity contribution >= 4 is 39.2 Å². The standard InChI is InChI=1S/C43H52FN5O4S/c1-3-5-20-51-23-24-53-36-11-8-32(9-12-36)33-10-15-40-35(25-33)26-34(7-6-19-48(40)28-31-16-21-52-22-17-31)43-46-38-14-13-37(27-39(38)47-43)54(50)29-41-42(44)45-30-49(41)18-4-2/h8-15,25-27,30-31H,3-7,16-24,28-29H2,1-2H3,(H,46,47)/b34-26+. The monoisotopic (exact) mass is 753 g/mol. The number of benzene rings is 3. The third kappa shape index (κ3) is 9.30. The van der Waals surface area contributed by atoms with Gasteiger partial charge in [-0.15, -0.1) is 0 Å². The van der Waals surface area contributed by atoms with E-state index in [1.54, 1.807) is 4.57 Å². The molecule has 5 aromatic rings. The third-order valence-corrected chi connectivity index (χ3v) is 11.7. The Kier molecular flexibility index (Phi) is 12.9. The van der Waals surface area contributed by atoms with E-state index in [4.69, 9.17) is 19.2 Å². The molecule has 9 nitrogen and oxygen atoms in total. The van der Waals surface area contributed by atoms with Gasteiger partial charge in [-0.25, -0.2) is 9.97 Å². The molecule has 1 unspecified atom stereocenters. The quantitative estimate of drug-likeness (QED) is 0.101. The van der Waals surface area contributed by atoms with Crippen molar-refractivity contribution in [3.63, 3.8) is 0 Å². The van der Waals surface area contributed by atoms with E-state index in [2.05, 4.69) is 58.2 Å². The van der Waals surface area contributed by atoms with Gasteiger partial charge in [0.15, 0.2) is 0 Å². The van der Waals surface area contributed by atoms with Crippen LogP contribution in [0.1, 0.15) is 75.9 Å². The number of fused-ring (bicyclic) bond motifs is 2. The van der Waals surface area contributed by atoms with E-state index in [1.807, 2.05) is 37.3 Å². The van der Waals surface area contributed by atoms with Crippen LogP contribution in [0, 0.1) is 11.9 Å². The molecule has 2 aromatic heterocycles. The maximum atomic E-state index is 14.5. The van der Waals surface area contributed by atoms with E-state index >= 15 is 0 Å². The molecule has 4 heterocycles. The highest BCUT2D eigenvalue weighted by atomic mass is 32.2. The average Bonchev–Trinajstić information content (AvgIpc) is 3.77. The Hall–Kier alpha value is -4.32. The normalized spacial score (nSPS) is 16.8. The van der Waals surface area contributed by atoms with Crippen LogP contribution in [-0.2, 0) is 32.6 Å². The molecule has 0 saturated carbocycles. The summed E-state index contributed by atoms with van der Waals surface area (Å²) in [5.74, 6) is 1.77. The molecule has 0 radical (unpaired) electrons. The largest absolute Gasteiger partial charge is 0.491 e. The van der Waals surface area contributed by atoms with E-state index in [0.29, 0.717) is 36.3 Å². The number of allylic oxidation sites excluding steroid dienone is 1. The molecular weight excluding hydrogens is 702 g/mol. The van der Waals surface area contributed by atoms with Gasteiger partial charge in [-0.2, -0.15) is 4.39 Å². The molecule has 1 atom stereocenters. The van der Waals surface area contributed by atoms with Gasteiger partial charge in [-0.1, -0.05) is 38.5 Å². The number of imidazole rings is 2. The second kappa shape index (κ2) is 18.3. The Labute approximate surface area is 320 Å². The van der Waals surface area contributed by atoms with Crippen molar-refractivity contribution in [3.05, 3.63) is 90.0 Å². The van der Waals surface area contributed by atoms with Crippen molar-refractivity contribution in [1.82, 2.24) is 19.5 Å². The first-order chi connectivity index (χ1) is 26.5. The van der Waals surface area contributed by atoms with Crippen LogP contribution in [0.2, 0.25) is 0 Å². The molecule has 286 valence electrons. The lowest BCUT2D eigenvalue weighted by atomic mass is 9.94. The number of nitrogens with one attached hydrogen (secondary N) is 1. The number of anilines is 1. The fourth-order valence-electron chi connectivity index (χ4n) is 7.36. The van der Waals surface area contributed by atoms with Crippen molar-refractivity contribution in [3.8, 4) is 16.9 Å². The van der Waals surface area contributed by atoms with Crippen molar-refractivity contribution < 1.29 is 22.8 Å². The van der Waals surface area contributed by atoms with Gasteiger partial charge in [-0.3, -0.25) is 4.21 Å². The first-order valence-corrected chi connectivity index (χ1v) is 20.9. The molecule has 0 spiro atoms. The summed E-state index contributed by atoms with van der Waals surface area (Å²) < 4.78 is 47.0. The third-order valence-electron chi connectivity index (χ3n) is 10.4. The van der Waals surface area contributed by atoms with Gasteiger partial charge in [0, 0.05) is 50.0 Å². The molecule has 1 saturated heterocycles. The Morgan fingerprint density at radius 3 is 2.63 bits per heavy atom. The highest BCUT2D eigenvalue weighted by Crippen LogP contribution is 2.36. The zero-order chi connectivity index (χ0) is 37.3. The Morgan fingerprint density at radius 1 is 0.981 bits per heavy atom. The lowest BCUT2D eigenvalue weighted by Crippen LogP contribution is -2.34. The van der Waals surface area contributed by atoms with Crippen LogP contribution in [0.5, 0.6) is 5.75 Å². The van der Waals surface area contributed by atoms with E-state index in [0.717, 1.165) is 123 Å². The zero-order valence-electron chi connectivity index (χ0n) is 31.5. The topological polar surface area (TPSA) is 94.5 Å². The Morgan fingerprint density at radius 2 is 1.81 bits per heavy atom. The zero-order valence-corrected chi connectivity index (χ0v) is 32.3. The molecule has 1 fully saturated rings. The highest BCUT2D eigenvalue weighted by molar-refractivity contribution is 7.84. The van der Waals surface area contributed by atoms with Crippen LogP contribution >= 0.6 is 0 Å². The predicted octanol–water partition coefficient (Wildman–Crippen LogP) is 9.05. The second-order valence-corrected chi connectivity index (χ2v) is 15.8. The number of nitrogens with zero attached hydrogens (tertiary/aromatic N) is 4.